The standard InChI is InChI=1S/C12H17BrN2O2/c1-3-10-8-15(4-5-17-10)12(16)11-6-9(13)7-14(11)2/h6-7,10H,3-5,8H2,1-2H3. The van der Waals surface area contributed by atoms with Crippen LogP contribution in [0, 0.1) is 0 Å². The summed E-state index contributed by atoms with van der Waals surface area (Å²) in [5.41, 5.74) is 0.716. The highest BCUT2D eigenvalue weighted by Crippen LogP contribution is 2.17. The number of ether oxygens (including phenoxy) is 1. The Hall–Kier alpha value is -0.810. The minimum Gasteiger partial charge on any atom is -0.375 e. The zero-order valence-corrected chi connectivity index (χ0v) is 11.7. The number of morpholine rings is 1. The molecule has 0 N–H and O–H groups in total. The summed E-state index contributed by atoms with van der Waals surface area (Å²) in [6.07, 6.45) is 3.02. The van der Waals surface area contributed by atoms with Crippen LogP contribution < -0.4 is 0 Å². The van der Waals surface area contributed by atoms with Crippen LogP contribution in [-0.4, -0.2) is 41.2 Å². The number of aromatic nitrogens is 1. The predicted octanol–water partition coefficient (Wildman–Crippen LogP) is 2.04. The van der Waals surface area contributed by atoms with Gasteiger partial charge in [-0.25, -0.2) is 0 Å². The number of carbonyl (C=O) groups excluding carboxylic acids is 1. The van der Waals surface area contributed by atoms with Crippen molar-refractivity contribution in [1.82, 2.24) is 9.47 Å². The largest absolute Gasteiger partial charge is 0.375 e. The fourth-order valence-corrected chi connectivity index (χ4v) is 2.57. The summed E-state index contributed by atoms with van der Waals surface area (Å²) in [6.45, 7) is 4.09. The Bertz CT molecular complexity index is 417. The van der Waals surface area contributed by atoms with Gasteiger partial charge in [0.25, 0.3) is 5.91 Å². The van der Waals surface area contributed by atoms with Gasteiger partial charge in [-0.1, -0.05) is 6.92 Å². The quantitative estimate of drug-likeness (QED) is 0.838. The average molecular weight is 301 g/mol. The number of amides is 1. The topological polar surface area (TPSA) is 34.5 Å². The van der Waals surface area contributed by atoms with Crippen molar-refractivity contribution in [3.8, 4) is 0 Å². The monoisotopic (exact) mass is 300 g/mol. The van der Waals surface area contributed by atoms with E-state index < -0.39 is 0 Å². The van der Waals surface area contributed by atoms with Crippen LogP contribution in [0.3, 0.4) is 0 Å². The average Bonchev–Trinajstić information content (AvgIpc) is 2.67. The first-order valence-electron chi connectivity index (χ1n) is 5.84. The number of carbonyl (C=O) groups is 1. The number of aryl methyl sites for hydroxylation is 1. The highest BCUT2D eigenvalue weighted by Gasteiger charge is 2.25. The maximum absolute atomic E-state index is 12.3. The van der Waals surface area contributed by atoms with Gasteiger partial charge in [0, 0.05) is 30.8 Å². The van der Waals surface area contributed by atoms with Gasteiger partial charge < -0.3 is 14.2 Å². The Labute approximate surface area is 110 Å². The second kappa shape index (κ2) is 5.23. The summed E-state index contributed by atoms with van der Waals surface area (Å²) in [7, 11) is 1.88. The molecule has 2 heterocycles. The molecule has 1 aromatic heterocycles. The molecular weight excluding hydrogens is 284 g/mol. The Morgan fingerprint density at radius 3 is 3.00 bits per heavy atom. The second-order valence-corrected chi connectivity index (χ2v) is 5.22. The van der Waals surface area contributed by atoms with Crippen molar-refractivity contribution in [3.63, 3.8) is 0 Å². The van der Waals surface area contributed by atoms with E-state index in [1.165, 1.54) is 0 Å². The van der Waals surface area contributed by atoms with Gasteiger partial charge in [0.1, 0.15) is 5.69 Å². The van der Waals surface area contributed by atoms with Gasteiger partial charge in [-0.3, -0.25) is 4.79 Å². The molecule has 0 saturated carbocycles. The summed E-state index contributed by atoms with van der Waals surface area (Å²) >= 11 is 3.38. The van der Waals surface area contributed by atoms with Crippen LogP contribution in [0.5, 0.6) is 0 Å². The van der Waals surface area contributed by atoms with Crippen LogP contribution in [-0.2, 0) is 11.8 Å². The van der Waals surface area contributed by atoms with Crippen LogP contribution in [0.1, 0.15) is 23.8 Å². The lowest BCUT2D eigenvalue weighted by Crippen LogP contribution is -2.45. The molecular formula is C12H17BrN2O2. The molecule has 0 aliphatic carbocycles. The Kier molecular flexibility index (Phi) is 3.89. The first kappa shape index (κ1) is 12.6. The number of halogens is 1. The van der Waals surface area contributed by atoms with Crippen molar-refractivity contribution in [1.29, 1.82) is 0 Å². The van der Waals surface area contributed by atoms with E-state index in [0.29, 0.717) is 25.4 Å². The van der Waals surface area contributed by atoms with Gasteiger partial charge in [0.2, 0.25) is 0 Å². The van der Waals surface area contributed by atoms with E-state index in [-0.39, 0.29) is 12.0 Å². The van der Waals surface area contributed by atoms with Crippen molar-refractivity contribution in [2.45, 2.75) is 19.4 Å². The molecule has 1 amide bonds. The number of rotatable bonds is 2. The molecule has 1 aromatic rings. The molecule has 0 bridgehead atoms. The number of nitrogens with zero attached hydrogens (tertiary/aromatic N) is 2. The summed E-state index contributed by atoms with van der Waals surface area (Å²) in [5.74, 6) is 0.0833. The minimum absolute atomic E-state index is 0.0833. The van der Waals surface area contributed by atoms with E-state index in [9.17, 15) is 4.79 Å². The third-order valence-electron chi connectivity index (χ3n) is 3.07. The zero-order valence-electron chi connectivity index (χ0n) is 10.1. The van der Waals surface area contributed by atoms with E-state index in [1.54, 1.807) is 0 Å². The Balaban J connectivity index is 2.12. The SMILES string of the molecule is CCC1CN(C(=O)c2cc(Br)cn2C)CCO1. The van der Waals surface area contributed by atoms with Crippen molar-refractivity contribution in [2.75, 3.05) is 19.7 Å². The van der Waals surface area contributed by atoms with E-state index in [2.05, 4.69) is 22.9 Å². The van der Waals surface area contributed by atoms with Crippen molar-refractivity contribution in [3.05, 3.63) is 22.4 Å². The molecule has 94 valence electrons. The maximum atomic E-state index is 12.3. The van der Waals surface area contributed by atoms with Crippen LogP contribution in [0.4, 0.5) is 0 Å². The third kappa shape index (κ3) is 2.72. The zero-order chi connectivity index (χ0) is 12.4. The molecule has 0 spiro atoms. The molecule has 17 heavy (non-hydrogen) atoms. The van der Waals surface area contributed by atoms with Gasteiger partial charge in [0.05, 0.1) is 12.7 Å². The number of hydrogen-bond donors (Lipinski definition) is 0. The van der Waals surface area contributed by atoms with Crippen molar-refractivity contribution < 1.29 is 9.53 Å². The fraction of sp³-hybridized carbons (Fsp3) is 0.583. The first-order chi connectivity index (χ1) is 8.11. The molecule has 1 unspecified atom stereocenters. The molecule has 1 aliphatic rings. The lowest BCUT2D eigenvalue weighted by Gasteiger charge is -2.32. The van der Waals surface area contributed by atoms with Crippen molar-refractivity contribution >= 4 is 21.8 Å². The Morgan fingerprint density at radius 2 is 2.41 bits per heavy atom. The van der Waals surface area contributed by atoms with Gasteiger partial charge in [0.15, 0.2) is 0 Å². The summed E-state index contributed by atoms with van der Waals surface area (Å²) in [4.78, 5) is 14.2. The van der Waals surface area contributed by atoms with Crippen molar-refractivity contribution in [2.24, 2.45) is 7.05 Å². The van der Waals surface area contributed by atoms with Crippen LogP contribution >= 0.6 is 15.9 Å². The molecule has 1 aliphatic heterocycles. The molecule has 1 atom stereocenters. The predicted molar refractivity (Wildman–Crippen MR) is 69.0 cm³/mol. The highest BCUT2D eigenvalue weighted by molar-refractivity contribution is 9.10. The lowest BCUT2D eigenvalue weighted by atomic mass is 10.2. The highest BCUT2D eigenvalue weighted by atomic mass is 79.9. The maximum Gasteiger partial charge on any atom is 0.270 e. The normalized spacial score (nSPS) is 20.6. The summed E-state index contributed by atoms with van der Waals surface area (Å²) in [5, 5.41) is 0. The van der Waals surface area contributed by atoms with E-state index in [4.69, 9.17) is 4.74 Å². The van der Waals surface area contributed by atoms with Gasteiger partial charge in [-0.2, -0.15) is 0 Å². The van der Waals surface area contributed by atoms with Gasteiger partial charge >= 0.3 is 0 Å². The minimum atomic E-state index is 0.0833. The summed E-state index contributed by atoms with van der Waals surface area (Å²) in [6, 6.07) is 1.86. The molecule has 0 aromatic carbocycles. The van der Waals surface area contributed by atoms with E-state index in [0.717, 1.165) is 10.9 Å². The first-order valence-corrected chi connectivity index (χ1v) is 6.64. The van der Waals surface area contributed by atoms with Crippen LogP contribution in [0.2, 0.25) is 0 Å². The van der Waals surface area contributed by atoms with E-state index >= 15 is 0 Å². The second-order valence-electron chi connectivity index (χ2n) is 4.31. The smallest absolute Gasteiger partial charge is 0.270 e. The third-order valence-corrected chi connectivity index (χ3v) is 3.51. The summed E-state index contributed by atoms with van der Waals surface area (Å²) < 4.78 is 8.35. The molecule has 5 heteroatoms. The molecule has 1 fully saturated rings. The fourth-order valence-electron chi connectivity index (χ4n) is 2.05. The van der Waals surface area contributed by atoms with Gasteiger partial charge in [-0.15, -0.1) is 0 Å². The van der Waals surface area contributed by atoms with Crippen LogP contribution in [0.15, 0.2) is 16.7 Å². The molecule has 2 rings (SSSR count). The molecule has 1 saturated heterocycles. The number of hydrogen-bond acceptors (Lipinski definition) is 2. The van der Waals surface area contributed by atoms with Crippen LogP contribution in [0.25, 0.3) is 0 Å². The van der Waals surface area contributed by atoms with Gasteiger partial charge in [-0.05, 0) is 28.4 Å². The Morgan fingerprint density at radius 1 is 1.65 bits per heavy atom. The molecule has 4 nitrogen and oxygen atoms in total. The lowest BCUT2D eigenvalue weighted by molar-refractivity contribution is -0.0229. The van der Waals surface area contributed by atoms with E-state index in [1.807, 2.05) is 28.8 Å². The molecule has 0 radical (unpaired) electrons.